The molecule has 5 nitrogen and oxygen atoms in total. The first-order valence-electron chi connectivity index (χ1n) is 6.08. The summed E-state index contributed by atoms with van der Waals surface area (Å²) >= 11 is 0. The van der Waals surface area contributed by atoms with Crippen LogP contribution in [0.3, 0.4) is 0 Å². The van der Waals surface area contributed by atoms with Crippen molar-refractivity contribution in [2.75, 3.05) is 26.4 Å². The maximum atomic E-state index is 8.62. The lowest BCUT2D eigenvalue weighted by Gasteiger charge is -2.09. The number of hydrazone groups is 1. The van der Waals surface area contributed by atoms with Gasteiger partial charge in [-0.2, -0.15) is 5.10 Å². The lowest BCUT2D eigenvalue weighted by Crippen LogP contribution is -2.11. The van der Waals surface area contributed by atoms with Crippen molar-refractivity contribution < 1.29 is 14.6 Å². The Balaban J connectivity index is 2.78. The Kier molecular flexibility index (Phi) is 6.64. The topological polar surface area (TPSA) is 63.1 Å². The highest BCUT2D eigenvalue weighted by Gasteiger charge is 2.03. The molecule has 0 aliphatic heterocycles. The molecule has 0 bridgehead atoms. The van der Waals surface area contributed by atoms with Gasteiger partial charge in [-0.05, 0) is 26.0 Å². The molecule has 0 saturated carbocycles. The highest BCUT2D eigenvalue weighted by Crippen LogP contribution is 2.23. The molecule has 1 rings (SSSR count). The van der Waals surface area contributed by atoms with E-state index in [1.807, 2.05) is 32.0 Å². The second kappa shape index (κ2) is 8.36. The molecule has 0 aromatic heterocycles. The zero-order valence-electron chi connectivity index (χ0n) is 10.8. The van der Waals surface area contributed by atoms with E-state index in [0.717, 1.165) is 17.1 Å². The van der Waals surface area contributed by atoms with E-state index in [1.165, 1.54) is 0 Å². The SMILES string of the molecule is CCOc1ccc(C=NNCCO)c(OCC)c1. The van der Waals surface area contributed by atoms with Gasteiger partial charge in [0.1, 0.15) is 11.5 Å². The summed E-state index contributed by atoms with van der Waals surface area (Å²) in [6.07, 6.45) is 1.66. The first kappa shape index (κ1) is 14.3. The van der Waals surface area contributed by atoms with E-state index in [9.17, 15) is 0 Å². The summed E-state index contributed by atoms with van der Waals surface area (Å²) < 4.78 is 11.0. The number of ether oxygens (including phenoxy) is 2. The Bertz CT molecular complexity index is 380. The van der Waals surface area contributed by atoms with Gasteiger partial charge < -0.3 is 20.0 Å². The van der Waals surface area contributed by atoms with Crippen molar-refractivity contribution in [1.29, 1.82) is 0 Å². The van der Waals surface area contributed by atoms with Gasteiger partial charge in [-0.15, -0.1) is 0 Å². The third-order valence-electron chi connectivity index (χ3n) is 2.11. The van der Waals surface area contributed by atoms with E-state index in [-0.39, 0.29) is 6.61 Å². The van der Waals surface area contributed by atoms with E-state index < -0.39 is 0 Å². The maximum Gasteiger partial charge on any atom is 0.131 e. The molecule has 0 atom stereocenters. The zero-order valence-corrected chi connectivity index (χ0v) is 10.8. The van der Waals surface area contributed by atoms with Gasteiger partial charge >= 0.3 is 0 Å². The van der Waals surface area contributed by atoms with E-state index in [1.54, 1.807) is 6.21 Å². The lowest BCUT2D eigenvalue weighted by molar-refractivity contribution is 0.294. The number of hydrogen-bond donors (Lipinski definition) is 2. The highest BCUT2D eigenvalue weighted by atomic mass is 16.5. The molecule has 0 aliphatic carbocycles. The summed E-state index contributed by atoms with van der Waals surface area (Å²) in [4.78, 5) is 0. The fourth-order valence-corrected chi connectivity index (χ4v) is 1.39. The van der Waals surface area contributed by atoms with E-state index >= 15 is 0 Å². The predicted octanol–water partition coefficient (Wildman–Crippen LogP) is 1.40. The monoisotopic (exact) mass is 252 g/mol. The molecule has 0 aliphatic rings. The molecule has 1 aromatic carbocycles. The van der Waals surface area contributed by atoms with Gasteiger partial charge in [-0.1, -0.05) is 0 Å². The summed E-state index contributed by atoms with van der Waals surface area (Å²) in [6.45, 7) is 5.56. The zero-order chi connectivity index (χ0) is 13.2. The second-order valence-electron chi connectivity index (χ2n) is 3.46. The minimum absolute atomic E-state index is 0.0545. The number of benzene rings is 1. The molecular formula is C13H20N2O3. The van der Waals surface area contributed by atoms with Crippen molar-refractivity contribution in [3.63, 3.8) is 0 Å². The predicted molar refractivity (Wildman–Crippen MR) is 71.5 cm³/mol. The summed E-state index contributed by atoms with van der Waals surface area (Å²) in [5.74, 6) is 1.51. The van der Waals surface area contributed by atoms with Crippen LogP contribution in [0.5, 0.6) is 11.5 Å². The number of nitrogens with one attached hydrogen (secondary N) is 1. The average Bonchev–Trinajstić information content (AvgIpc) is 2.37. The number of nitrogens with zero attached hydrogens (tertiary/aromatic N) is 1. The van der Waals surface area contributed by atoms with Crippen molar-refractivity contribution in [2.24, 2.45) is 5.10 Å². The number of aliphatic hydroxyl groups excluding tert-OH is 1. The number of rotatable bonds is 8. The van der Waals surface area contributed by atoms with Gasteiger partial charge in [0.05, 0.1) is 32.6 Å². The molecule has 0 radical (unpaired) electrons. The Morgan fingerprint density at radius 3 is 2.72 bits per heavy atom. The van der Waals surface area contributed by atoms with Gasteiger partial charge in [0.2, 0.25) is 0 Å². The van der Waals surface area contributed by atoms with Gasteiger partial charge in [0, 0.05) is 11.6 Å². The molecule has 0 heterocycles. The molecule has 0 spiro atoms. The number of hydrogen-bond acceptors (Lipinski definition) is 5. The second-order valence-corrected chi connectivity index (χ2v) is 3.46. The van der Waals surface area contributed by atoms with Crippen LogP contribution in [0, 0.1) is 0 Å². The van der Waals surface area contributed by atoms with Gasteiger partial charge in [0.15, 0.2) is 0 Å². The summed E-state index contributed by atoms with van der Waals surface area (Å²) in [6, 6.07) is 5.61. The maximum absolute atomic E-state index is 8.62. The normalized spacial score (nSPS) is 10.6. The van der Waals surface area contributed by atoms with Gasteiger partial charge in [0.25, 0.3) is 0 Å². The van der Waals surface area contributed by atoms with Crippen LogP contribution in [0.1, 0.15) is 19.4 Å². The lowest BCUT2D eigenvalue weighted by atomic mass is 10.2. The van der Waals surface area contributed by atoms with Crippen molar-refractivity contribution >= 4 is 6.21 Å². The molecule has 0 fully saturated rings. The van der Waals surface area contributed by atoms with Crippen molar-refractivity contribution in [3.05, 3.63) is 23.8 Å². The first-order valence-corrected chi connectivity index (χ1v) is 6.08. The molecule has 100 valence electrons. The standard InChI is InChI=1S/C13H20N2O3/c1-3-17-12-6-5-11(10-15-14-7-8-16)13(9-12)18-4-2/h5-6,9-10,14,16H,3-4,7-8H2,1-2H3. The van der Waals surface area contributed by atoms with Crippen LogP contribution in [-0.4, -0.2) is 37.7 Å². The Hall–Kier alpha value is -1.75. The molecule has 5 heteroatoms. The van der Waals surface area contributed by atoms with Crippen LogP contribution in [0.2, 0.25) is 0 Å². The molecule has 0 amide bonds. The fraction of sp³-hybridized carbons (Fsp3) is 0.462. The minimum atomic E-state index is 0.0545. The summed E-state index contributed by atoms with van der Waals surface area (Å²) in [7, 11) is 0. The van der Waals surface area contributed by atoms with Gasteiger partial charge in [-0.25, -0.2) is 0 Å². The third kappa shape index (κ3) is 4.63. The number of aliphatic hydroxyl groups is 1. The van der Waals surface area contributed by atoms with Crippen LogP contribution in [0.4, 0.5) is 0 Å². The minimum Gasteiger partial charge on any atom is -0.494 e. The largest absolute Gasteiger partial charge is 0.494 e. The van der Waals surface area contributed by atoms with Crippen LogP contribution >= 0.6 is 0 Å². The van der Waals surface area contributed by atoms with Crippen LogP contribution in [0.25, 0.3) is 0 Å². The van der Waals surface area contributed by atoms with Crippen LogP contribution < -0.4 is 14.9 Å². The Labute approximate surface area is 107 Å². The van der Waals surface area contributed by atoms with Gasteiger partial charge in [-0.3, -0.25) is 0 Å². The Morgan fingerprint density at radius 1 is 1.28 bits per heavy atom. The molecule has 0 saturated heterocycles. The van der Waals surface area contributed by atoms with E-state index in [4.69, 9.17) is 14.6 Å². The summed E-state index contributed by atoms with van der Waals surface area (Å²) in [5.41, 5.74) is 3.59. The van der Waals surface area contributed by atoms with Crippen molar-refractivity contribution in [1.82, 2.24) is 5.43 Å². The highest BCUT2D eigenvalue weighted by molar-refractivity contribution is 5.83. The molecular weight excluding hydrogens is 232 g/mol. The smallest absolute Gasteiger partial charge is 0.131 e. The molecule has 2 N–H and O–H groups in total. The Morgan fingerprint density at radius 2 is 2.06 bits per heavy atom. The van der Waals surface area contributed by atoms with Crippen LogP contribution in [-0.2, 0) is 0 Å². The van der Waals surface area contributed by atoms with Crippen molar-refractivity contribution in [2.45, 2.75) is 13.8 Å². The first-order chi connectivity index (χ1) is 8.81. The molecule has 18 heavy (non-hydrogen) atoms. The van der Waals surface area contributed by atoms with E-state index in [0.29, 0.717) is 19.8 Å². The molecule has 1 aromatic rings. The molecule has 0 unspecified atom stereocenters. The van der Waals surface area contributed by atoms with Crippen LogP contribution in [0.15, 0.2) is 23.3 Å². The quantitative estimate of drug-likeness (QED) is 0.417. The third-order valence-corrected chi connectivity index (χ3v) is 2.11. The van der Waals surface area contributed by atoms with E-state index in [2.05, 4.69) is 10.5 Å². The van der Waals surface area contributed by atoms with Crippen molar-refractivity contribution in [3.8, 4) is 11.5 Å². The average molecular weight is 252 g/mol. The summed E-state index contributed by atoms with van der Waals surface area (Å²) in [5, 5.41) is 12.6. The fourth-order valence-electron chi connectivity index (χ4n) is 1.39.